The molecule has 3 heterocycles. The first kappa shape index (κ1) is 16.1. The number of halogens is 1. The normalized spacial score (nSPS) is 14.4. The van der Waals surface area contributed by atoms with Crippen molar-refractivity contribution in [3.63, 3.8) is 0 Å². The van der Waals surface area contributed by atoms with E-state index in [0.717, 1.165) is 47.9 Å². The summed E-state index contributed by atoms with van der Waals surface area (Å²) < 4.78 is 1.70. The fourth-order valence-corrected chi connectivity index (χ4v) is 3.56. The van der Waals surface area contributed by atoms with Crippen molar-refractivity contribution in [2.45, 2.75) is 26.1 Å². The second-order valence-corrected chi connectivity index (χ2v) is 6.84. The summed E-state index contributed by atoms with van der Waals surface area (Å²) >= 11 is 6.07. The molecule has 3 aromatic rings. The number of aromatic nitrogens is 3. The molecular weight excluding hydrogens is 336 g/mol. The molecule has 0 bridgehead atoms. The van der Waals surface area contributed by atoms with E-state index in [-0.39, 0.29) is 5.56 Å². The Kier molecular flexibility index (Phi) is 4.42. The number of benzene rings is 1. The molecule has 0 saturated heterocycles. The molecule has 0 saturated carbocycles. The summed E-state index contributed by atoms with van der Waals surface area (Å²) in [6.07, 6.45) is 4.26. The number of hydrogen-bond acceptors (Lipinski definition) is 3. The molecule has 25 heavy (non-hydrogen) atoms. The summed E-state index contributed by atoms with van der Waals surface area (Å²) in [5.74, 6) is 0. The summed E-state index contributed by atoms with van der Waals surface area (Å²) in [4.78, 5) is 19.0. The molecule has 2 aromatic heterocycles. The standard InChI is InChI=1S/C19H19ClN4O/c20-16-3-1-2-15(10-16)11-23-9-6-17-18(13-23)22-24(19(17)25)12-14-4-7-21-8-5-14/h1-5,7-8,10,22H,6,9,11-13H2. The zero-order valence-corrected chi connectivity index (χ0v) is 14.5. The van der Waals surface area contributed by atoms with Gasteiger partial charge < -0.3 is 0 Å². The van der Waals surface area contributed by atoms with Crippen LogP contribution in [0.2, 0.25) is 5.02 Å². The average Bonchev–Trinajstić information content (AvgIpc) is 2.91. The van der Waals surface area contributed by atoms with Crippen molar-refractivity contribution in [3.05, 3.63) is 86.6 Å². The van der Waals surface area contributed by atoms with Crippen molar-refractivity contribution in [2.75, 3.05) is 6.54 Å². The van der Waals surface area contributed by atoms with Gasteiger partial charge in [-0.25, -0.2) is 4.68 Å². The lowest BCUT2D eigenvalue weighted by molar-refractivity contribution is 0.242. The van der Waals surface area contributed by atoms with Crippen molar-refractivity contribution in [1.29, 1.82) is 0 Å². The zero-order valence-electron chi connectivity index (χ0n) is 13.8. The van der Waals surface area contributed by atoms with Crippen LogP contribution in [-0.2, 0) is 26.1 Å². The van der Waals surface area contributed by atoms with Crippen molar-refractivity contribution >= 4 is 11.6 Å². The lowest BCUT2D eigenvalue weighted by atomic mass is 10.1. The van der Waals surface area contributed by atoms with E-state index in [9.17, 15) is 4.79 Å². The Morgan fingerprint density at radius 2 is 1.96 bits per heavy atom. The fourth-order valence-electron chi connectivity index (χ4n) is 3.34. The predicted molar refractivity (Wildman–Crippen MR) is 97.7 cm³/mol. The van der Waals surface area contributed by atoms with Gasteiger partial charge >= 0.3 is 0 Å². The Labute approximate surface area is 150 Å². The lowest BCUT2D eigenvalue weighted by Gasteiger charge is -2.26. The van der Waals surface area contributed by atoms with E-state index >= 15 is 0 Å². The van der Waals surface area contributed by atoms with Crippen LogP contribution in [0, 0.1) is 0 Å². The Morgan fingerprint density at radius 1 is 1.12 bits per heavy atom. The summed E-state index contributed by atoms with van der Waals surface area (Å²) in [7, 11) is 0. The highest BCUT2D eigenvalue weighted by atomic mass is 35.5. The first-order valence-corrected chi connectivity index (χ1v) is 8.73. The molecule has 0 atom stereocenters. The van der Waals surface area contributed by atoms with Crippen LogP contribution in [0.5, 0.6) is 0 Å². The molecule has 1 aliphatic heterocycles. The SMILES string of the molecule is O=c1c2c([nH]n1Cc1ccncc1)CN(Cc1cccc(Cl)c1)CC2. The number of hydrogen-bond donors (Lipinski definition) is 1. The highest BCUT2D eigenvalue weighted by Crippen LogP contribution is 2.18. The zero-order chi connectivity index (χ0) is 17.2. The van der Waals surface area contributed by atoms with Gasteiger partial charge in [0.05, 0.1) is 12.2 Å². The molecule has 0 radical (unpaired) electrons. The van der Waals surface area contributed by atoms with Gasteiger partial charge in [-0.05, 0) is 41.8 Å². The molecule has 1 aliphatic rings. The molecule has 5 nitrogen and oxygen atoms in total. The first-order valence-electron chi connectivity index (χ1n) is 8.35. The van der Waals surface area contributed by atoms with E-state index in [1.165, 1.54) is 5.56 Å². The fraction of sp³-hybridized carbons (Fsp3) is 0.263. The summed E-state index contributed by atoms with van der Waals surface area (Å²) in [5, 5.41) is 4.05. The van der Waals surface area contributed by atoms with Crippen LogP contribution >= 0.6 is 11.6 Å². The van der Waals surface area contributed by atoms with Crippen molar-refractivity contribution in [1.82, 2.24) is 19.7 Å². The van der Waals surface area contributed by atoms with Crippen molar-refractivity contribution in [2.24, 2.45) is 0 Å². The van der Waals surface area contributed by atoms with Gasteiger partial charge in [0.1, 0.15) is 0 Å². The number of nitrogens with one attached hydrogen (secondary N) is 1. The first-order chi connectivity index (χ1) is 12.2. The Morgan fingerprint density at radius 3 is 2.76 bits per heavy atom. The lowest BCUT2D eigenvalue weighted by Crippen LogP contribution is -2.31. The summed E-state index contributed by atoms with van der Waals surface area (Å²) in [5.41, 5.74) is 4.28. The van der Waals surface area contributed by atoms with Gasteiger partial charge in [0.25, 0.3) is 5.56 Å². The number of rotatable bonds is 4. The van der Waals surface area contributed by atoms with Gasteiger partial charge in [-0.2, -0.15) is 0 Å². The maximum absolute atomic E-state index is 12.6. The molecule has 1 aromatic carbocycles. The van der Waals surface area contributed by atoms with Gasteiger partial charge in [-0.1, -0.05) is 23.7 Å². The molecule has 0 unspecified atom stereocenters. The largest absolute Gasteiger partial charge is 0.298 e. The molecule has 4 rings (SSSR count). The second-order valence-electron chi connectivity index (χ2n) is 6.41. The van der Waals surface area contributed by atoms with Crippen LogP contribution < -0.4 is 5.56 Å². The molecular formula is C19H19ClN4O. The van der Waals surface area contributed by atoms with Gasteiger partial charge in [0, 0.05) is 42.6 Å². The average molecular weight is 355 g/mol. The number of pyridine rings is 1. The molecule has 0 fully saturated rings. The predicted octanol–water partition coefficient (Wildman–Crippen LogP) is 2.83. The van der Waals surface area contributed by atoms with Crippen LogP contribution in [0.15, 0.2) is 53.6 Å². The minimum Gasteiger partial charge on any atom is -0.298 e. The number of aromatic amines is 1. The molecule has 128 valence electrons. The highest BCUT2D eigenvalue weighted by molar-refractivity contribution is 6.30. The van der Waals surface area contributed by atoms with Gasteiger partial charge in [0.2, 0.25) is 0 Å². The highest BCUT2D eigenvalue weighted by Gasteiger charge is 2.22. The maximum atomic E-state index is 12.6. The monoisotopic (exact) mass is 354 g/mol. The number of H-pyrrole nitrogens is 1. The van der Waals surface area contributed by atoms with E-state index in [2.05, 4.69) is 21.0 Å². The van der Waals surface area contributed by atoms with Crippen LogP contribution in [0.4, 0.5) is 0 Å². The summed E-state index contributed by atoms with van der Waals surface area (Å²) in [6, 6.07) is 11.8. The molecule has 0 spiro atoms. The van der Waals surface area contributed by atoms with E-state index in [1.54, 1.807) is 17.1 Å². The van der Waals surface area contributed by atoms with Crippen LogP contribution in [0.1, 0.15) is 22.4 Å². The minimum absolute atomic E-state index is 0.0919. The maximum Gasteiger partial charge on any atom is 0.270 e. The molecule has 0 amide bonds. The smallest absolute Gasteiger partial charge is 0.270 e. The third-order valence-corrected chi connectivity index (χ3v) is 4.82. The molecule has 0 aliphatic carbocycles. The van der Waals surface area contributed by atoms with E-state index in [1.807, 2.05) is 30.3 Å². The van der Waals surface area contributed by atoms with E-state index in [4.69, 9.17) is 11.6 Å². The third kappa shape index (κ3) is 3.52. The summed E-state index contributed by atoms with van der Waals surface area (Å²) in [6.45, 7) is 3.00. The topological polar surface area (TPSA) is 53.9 Å². The van der Waals surface area contributed by atoms with Gasteiger partial charge in [-0.15, -0.1) is 0 Å². The van der Waals surface area contributed by atoms with Crippen molar-refractivity contribution < 1.29 is 0 Å². The van der Waals surface area contributed by atoms with Crippen LogP contribution in [-0.4, -0.2) is 26.2 Å². The van der Waals surface area contributed by atoms with Gasteiger partial charge in [0.15, 0.2) is 0 Å². The second kappa shape index (κ2) is 6.86. The number of nitrogens with zero attached hydrogens (tertiary/aromatic N) is 3. The van der Waals surface area contributed by atoms with Gasteiger partial charge in [-0.3, -0.25) is 19.8 Å². The molecule has 6 heteroatoms. The minimum atomic E-state index is 0.0919. The van der Waals surface area contributed by atoms with E-state index in [0.29, 0.717) is 6.54 Å². The third-order valence-electron chi connectivity index (χ3n) is 4.58. The quantitative estimate of drug-likeness (QED) is 0.783. The Balaban J connectivity index is 1.51. The number of fused-ring (bicyclic) bond motifs is 1. The molecule has 1 N–H and O–H groups in total. The van der Waals surface area contributed by atoms with Crippen molar-refractivity contribution in [3.8, 4) is 0 Å². The van der Waals surface area contributed by atoms with E-state index < -0.39 is 0 Å². The Hall–Kier alpha value is -2.37. The van der Waals surface area contributed by atoms with Crippen LogP contribution in [0.3, 0.4) is 0 Å². The Bertz CT molecular complexity index is 932. The van der Waals surface area contributed by atoms with Crippen LogP contribution in [0.25, 0.3) is 0 Å².